The number of hydrogen-bond acceptors (Lipinski definition) is 5. The molecule has 0 atom stereocenters. The zero-order chi connectivity index (χ0) is 18.6. The predicted molar refractivity (Wildman–Crippen MR) is 104 cm³/mol. The van der Waals surface area contributed by atoms with Crippen molar-refractivity contribution in [1.29, 1.82) is 5.26 Å². The molecule has 6 heteroatoms. The Hall–Kier alpha value is -3.59. The fourth-order valence-electron chi connectivity index (χ4n) is 3.18. The van der Waals surface area contributed by atoms with Gasteiger partial charge in [0.2, 0.25) is 5.91 Å². The number of nitriles is 1. The van der Waals surface area contributed by atoms with Crippen LogP contribution in [0.15, 0.2) is 48.5 Å². The number of aromatic nitrogens is 1. The van der Waals surface area contributed by atoms with Crippen LogP contribution in [0.2, 0.25) is 0 Å². The van der Waals surface area contributed by atoms with E-state index in [0.717, 1.165) is 40.0 Å². The molecule has 0 bridgehead atoms. The first-order valence-electron chi connectivity index (χ1n) is 8.82. The van der Waals surface area contributed by atoms with E-state index in [1.807, 2.05) is 42.5 Å². The molecule has 0 fully saturated rings. The molecule has 6 nitrogen and oxygen atoms in total. The Morgan fingerprint density at radius 2 is 2.07 bits per heavy atom. The molecule has 0 saturated heterocycles. The highest BCUT2D eigenvalue weighted by Crippen LogP contribution is 2.27. The molecule has 2 aromatic carbocycles. The minimum atomic E-state index is 0.0571. The Balaban J connectivity index is 1.40. The molecule has 3 aromatic rings. The number of hydrogen-bond donors (Lipinski definition) is 2. The maximum Gasteiger partial charge on any atom is 0.224 e. The minimum Gasteiger partial charge on any atom is -0.492 e. The first-order chi connectivity index (χ1) is 13.2. The van der Waals surface area contributed by atoms with Crippen molar-refractivity contribution in [1.82, 2.24) is 4.98 Å². The van der Waals surface area contributed by atoms with E-state index in [-0.39, 0.29) is 5.91 Å². The van der Waals surface area contributed by atoms with Crippen LogP contribution in [0.1, 0.15) is 17.7 Å². The molecule has 0 unspecified atom stereocenters. The van der Waals surface area contributed by atoms with Crippen LogP contribution in [0.3, 0.4) is 0 Å². The van der Waals surface area contributed by atoms with Crippen molar-refractivity contribution in [3.63, 3.8) is 0 Å². The SMILES string of the molecule is N#Cc1cc(NCCOc2ccc3c(c2)CCC(=O)N3)c2ccccc2n1. The number of carbonyl (C=O) groups is 1. The Kier molecular flexibility index (Phi) is 4.58. The highest BCUT2D eigenvalue weighted by atomic mass is 16.5. The number of benzene rings is 2. The monoisotopic (exact) mass is 358 g/mol. The average Bonchev–Trinajstić information content (AvgIpc) is 2.70. The minimum absolute atomic E-state index is 0.0571. The smallest absolute Gasteiger partial charge is 0.224 e. The van der Waals surface area contributed by atoms with E-state index in [1.54, 1.807) is 6.07 Å². The Bertz CT molecular complexity index is 1060. The summed E-state index contributed by atoms with van der Waals surface area (Å²) in [5.41, 5.74) is 4.00. The Labute approximate surface area is 156 Å². The second-order valence-electron chi connectivity index (χ2n) is 6.33. The van der Waals surface area contributed by atoms with Crippen molar-refractivity contribution >= 4 is 28.2 Å². The summed E-state index contributed by atoms with van der Waals surface area (Å²) in [5.74, 6) is 0.839. The van der Waals surface area contributed by atoms with E-state index < -0.39 is 0 Å². The van der Waals surface area contributed by atoms with Crippen LogP contribution < -0.4 is 15.4 Å². The van der Waals surface area contributed by atoms with Gasteiger partial charge in [-0.25, -0.2) is 4.98 Å². The molecule has 27 heavy (non-hydrogen) atoms. The second kappa shape index (κ2) is 7.34. The van der Waals surface area contributed by atoms with Gasteiger partial charge in [-0.3, -0.25) is 4.79 Å². The number of nitrogens with zero attached hydrogens (tertiary/aromatic N) is 2. The molecule has 0 radical (unpaired) electrons. The van der Waals surface area contributed by atoms with Crippen LogP contribution in [0.25, 0.3) is 10.9 Å². The number of ether oxygens (including phenoxy) is 1. The molecule has 0 aliphatic carbocycles. The maximum atomic E-state index is 11.4. The van der Waals surface area contributed by atoms with Gasteiger partial charge in [0.05, 0.1) is 5.52 Å². The summed E-state index contributed by atoms with van der Waals surface area (Å²) >= 11 is 0. The topological polar surface area (TPSA) is 87.0 Å². The first-order valence-corrected chi connectivity index (χ1v) is 8.82. The molecule has 0 saturated carbocycles. The third kappa shape index (κ3) is 3.67. The van der Waals surface area contributed by atoms with Gasteiger partial charge in [0.1, 0.15) is 24.1 Å². The fourth-order valence-corrected chi connectivity index (χ4v) is 3.18. The lowest BCUT2D eigenvalue weighted by atomic mass is 10.0. The number of amides is 1. The van der Waals surface area contributed by atoms with Gasteiger partial charge >= 0.3 is 0 Å². The second-order valence-corrected chi connectivity index (χ2v) is 6.33. The number of pyridine rings is 1. The molecule has 4 rings (SSSR count). The Morgan fingerprint density at radius 1 is 1.19 bits per heavy atom. The summed E-state index contributed by atoms with van der Waals surface area (Å²) in [6.07, 6.45) is 1.24. The third-order valence-corrected chi connectivity index (χ3v) is 4.49. The van der Waals surface area contributed by atoms with E-state index in [4.69, 9.17) is 10.00 Å². The summed E-state index contributed by atoms with van der Waals surface area (Å²) in [7, 11) is 0. The first kappa shape index (κ1) is 16.9. The quantitative estimate of drug-likeness (QED) is 0.682. The van der Waals surface area contributed by atoms with Gasteiger partial charge < -0.3 is 15.4 Å². The lowest BCUT2D eigenvalue weighted by Gasteiger charge is -2.18. The number of carbonyl (C=O) groups excluding carboxylic acids is 1. The van der Waals surface area contributed by atoms with Crippen molar-refractivity contribution in [3.8, 4) is 11.8 Å². The molecule has 1 amide bonds. The summed E-state index contributed by atoms with van der Waals surface area (Å²) in [4.78, 5) is 15.7. The highest BCUT2D eigenvalue weighted by Gasteiger charge is 2.15. The number of anilines is 2. The van der Waals surface area contributed by atoms with Crippen molar-refractivity contribution in [2.24, 2.45) is 0 Å². The summed E-state index contributed by atoms with van der Waals surface area (Å²) in [6, 6.07) is 17.3. The van der Waals surface area contributed by atoms with Crippen LogP contribution in [-0.4, -0.2) is 24.0 Å². The van der Waals surface area contributed by atoms with E-state index >= 15 is 0 Å². The van der Waals surface area contributed by atoms with E-state index in [0.29, 0.717) is 25.3 Å². The molecular weight excluding hydrogens is 340 g/mol. The predicted octanol–water partition coefficient (Wildman–Crippen LogP) is 3.48. The van der Waals surface area contributed by atoms with Gasteiger partial charge in [-0.1, -0.05) is 18.2 Å². The van der Waals surface area contributed by atoms with Gasteiger partial charge in [-0.05, 0) is 42.3 Å². The van der Waals surface area contributed by atoms with E-state index in [9.17, 15) is 4.79 Å². The van der Waals surface area contributed by atoms with Crippen molar-refractivity contribution in [2.75, 3.05) is 23.8 Å². The van der Waals surface area contributed by atoms with Crippen LogP contribution >= 0.6 is 0 Å². The summed E-state index contributed by atoms with van der Waals surface area (Å²) < 4.78 is 5.83. The number of nitrogens with one attached hydrogen (secondary N) is 2. The van der Waals surface area contributed by atoms with Crippen molar-refractivity contribution in [2.45, 2.75) is 12.8 Å². The number of para-hydroxylation sites is 1. The van der Waals surface area contributed by atoms with E-state index in [2.05, 4.69) is 21.7 Å². The van der Waals surface area contributed by atoms with Gasteiger partial charge in [-0.2, -0.15) is 5.26 Å². The fraction of sp³-hybridized carbons (Fsp3) is 0.190. The van der Waals surface area contributed by atoms with Gasteiger partial charge in [-0.15, -0.1) is 0 Å². The molecule has 0 spiro atoms. The van der Waals surface area contributed by atoms with Crippen molar-refractivity contribution < 1.29 is 9.53 Å². The number of aryl methyl sites for hydroxylation is 1. The van der Waals surface area contributed by atoms with Crippen LogP contribution in [-0.2, 0) is 11.2 Å². The average molecular weight is 358 g/mol. The highest BCUT2D eigenvalue weighted by molar-refractivity contribution is 5.94. The summed E-state index contributed by atoms with van der Waals surface area (Å²) in [6.45, 7) is 1.07. The molecule has 2 N–H and O–H groups in total. The largest absolute Gasteiger partial charge is 0.492 e. The van der Waals surface area contributed by atoms with Crippen molar-refractivity contribution in [3.05, 3.63) is 59.8 Å². The van der Waals surface area contributed by atoms with Crippen LogP contribution in [0, 0.1) is 11.3 Å². The van der Waals surface area contributed by atoms with Gasteiger partial charge in [0.25, 0.3) is 0 Å². The molecule has 1 aliphatic heterocycles. The van der Waals surface area contributed by atoms with E-state index in [1.165, 1.54) is 0 Å². The normalized spacial score (nSPS) is 12.8. The summed E-state index contributed by atoms with van der Waals surface area (Å²) in [5, 5.41) is 16.3. The number of fused-ring (bicyclic) bond motifs is 2. The lowest BCUT2D eigenvalue weighted by molar-refractivity contribution is -0.116. The zero-order valence-electron chi connectivity index (χ0n) is 14.7. The van der Waals surface area contributed by atoms with Crippen LogP contribution in [0.4, 0.5) is 11.4 Å². The van der Waals surface area contributed by atoms with Crippen LogP contribution in [0.5, 0.6) is 5.75 Å². The van der Waals surface area contributed by atoms with Gasteiger partial charge in [0, 0.05) is 29.7 Å². The third-order valence-electron chi connectivity index (χ3n) is 4.49. The maximum absolute atomic E-state index is 11.4. The van der Waals surface area contributed by atoms with Gasteiger partial charge in [0.15, 0.2) is 0 Å². The lowest BCUT2D eigenvalue weighted by Crippen LogP contribution is -2.19. The molecule has 1 aromatic heterocycles. The molecule has 1 aliphatic rings. The Morgan fingerprint density at radius 3 is 2.96 bits per heavy atom. The zero-order valence-corrected chi connectivity index (χ0v) is 14.7. The molecule has 2 heterocycles. The molecule has 134 valence electrons. The molecular formula is C21H18N4O2. The standard InChI is InChI=1S/C21H18N4O2/c22-13-15-12-20(17-3-1-2-4-19(17)24-15)23-9-10-27-16-6-7-18-14(11-16)5-8-21(26)25-18/h1-4,6-7,11-12H,5,8-10H2,(H,23,24)(H,25,26). The number of rotatable bonds is 5.